The molecule has 3 aromatic carbocycles. The Balaban J connectivity index is 1.44. The highest BCUT2D eigenvalue weighted by Gasteiger charge is 2.43. The second-order valence-corrected chi connectivity index (χ2v) is 14.9. The number of sulfonamides is 1. The Morgan fingerprint density at radius 1 is 0.920 bits per heavy atom. The normalized spacial score (nSPS) is 19.5. The standard InChI is InChI=1S/C38H51N3O8S/c1-28-6-13-34(14-7-28)50(43,44)41-24-33(23-39-29(2)42)38(32-11-8-30(9-12-32)26-47-21-20-46-4)37(25-41)49-27-31-10-15-36-35(22-31)40(17-19-48-36)16-5-18-45-3/h6-15,22,33,37-38H,5,16-21,23-27H2,1-4H3,(H,39,42)/t33-,37+,38+/m1/s1. The van der Waals surface area contributed by atoms with E-state index in [4.69, 9.17) is 23.7 Å². The monoisotopic (exact) mass is 709 g/mol. The first kappa shape index (κ1) is 37.7. The van der Waals surface area contributed by atoms with Crippen molar-refractivity contribution in [3.63, 3.8) is 0 Å². The summed E-state index contributed by atoms with van der Waals surface area (Å²) >= 11 is 0. The molecule has 3 aromatic rings. The summed E-state index contributed by atoms with van der Waals surface area (Å²) in [5, 5.41) is 2.96. The first-order chi connectivity index (χ1) is 24.2. The minimum Gasteiger partial charge on any atom is -0.490 e. The van der Waals surface area contributed by atoms with E-state index in [1.165, 1.54) is 11.2 Å². The van der Waals surface area contributed by atoms with Crippen molar-refractivity contribution in [2.75, 3.05) is 78.3 Å². The Labute approximate surface area is 296 Å². The molecule has 1 saturated heterocycles. The molecule has 0 aliphatic carbocycles. The Morgan fingerprint density at radius 3 is 2.38 bits per heavy atom. The second-order valence-electron chi connectivity index (χ2n) is 13.0. The number of methoxy groups -OCH3 is 2. The van der Waals surface area contributed by atoms with Gasteiger partial charge in [0.25, 0.3) is 0 Å². The number of benzene rings is 3. The smallest absolute Gasteiger partial charge is 0.243 e. The highest BCUT2D eigenvalue weighted by Crippen LogP contribution is 2.39. The van der Waals surface area contributed by atoms with Gasteiger partial charge in [0.1, 0.15) is 12.4 Å². The first-order valence-corrected chi connectivity index (χ1v) is 18.7. The van der Waals surface area contributed by atoms with Gasteiger partial charge in [0, 0.05) is 59.8 Å². The molecule has 12 heteroatoms. The Hall–Kier alpha value is -3.52. The van der Waals surface area contributed by atoms with Crippen LogP contribution in [0.15, 0.2) is 71.6 Å². The van der Waals surface area contributed by atoms with Crippen LogP contribution in [-0.2, 0) is 47.0 Å². The quantitative estimate of drug-likeness (QED) is 0.202. The van der Waals surface area contributed by atoms with Crippen LogP contribution in [0.4, 0.5) is 5.69 Å². The molecule has 5 rings (SSSR count). The van der Waals surface area contributed by atoms with Crippen LogP contribution < -0.4 is 15.0 Å². The average Bonchev–Trinajstić information content (AvgIpc) is 3.12. The molecule has 11 nitrogen and oxygen atoms in total. The molecule has 2 aliphatic heterocycles. The summed E-state index contributed by atoms with van der Waals surface area (Å²) in [6.07, 6.45) is 0.399. The lowest BCUT2D eigenvalue weighted by molar-refractivity contribution is -0.119. The Morgan fingerprint density at radius 2 is 1.66 bits per heavy atom. The number of hydrogen-bond donors (Lipinski definition) is 1. The van der Waals surface area contributed by atoms with Crippen LogP contribution in [-0.4, -0.2) is 98.1 Å². The number of carbonyl (C=O) groups is 1. The third kappa shape index (κ3) is 9.83. The van der Waals surface area contributed by atoms with Crippen LogP contribution >= 0.6 is 0 Å². The lowest BCUT2D eigenvalue weighted by Gasteiger charge is -2.43. The average molecular weight is 710 g/mol. The molecule has 272 valence electrons. The molecule has 0 radical (unpaired) electrons. The molecule has 2 heterocycles. The van der Waals surface area contributed by atoms with Crippen molar-refractivity contribution in [1.82, 2.24) is 9.62 Å². The fourth-order valence-electron chi connectivity index (χ4n) is 6.64. The van der Waals surface area contributed by atoms with E-state index in [9.17, 15) is 13.2 Å². The fourth-order valence-corrected chi connectivity index (χ4v) is 8.15. The Kier molecular flexibility index (Phi) is 13.7. The summed E-state index contributed by atoms with van der Waals surface area (Å²) in [5.74, 6) is 0.218. The van der Waals surface area contributed by atoms with Crippen molar-refractivity contribution < 1.29 is 36.9 Å². The molecule has 1 amide bonds. The van der Waals surface area contributed by atoms with E-state index in [1.807, 2.05) is 31.2 Å². The number of fused-ring (bicyclic) bond motifs is 1. The summed E-state index contributed by atoms with van der Waals surface area (Å²) in [4.78, 5) is 14.7. The van der Waals surface area contributed by atoms with Gasteiger partial charge in [-0.25, -0.2) is 8.42 Å². The van der Waals surface area contributed by atoms with Crippen molar-refractivity contribution in [3.05, 3.63) is 89.0 Å². The molecule has 0 bridgehead atoms. The van der Waals surface area contributed by atoms with Gasteiger partial charge in [-0.05, 0) is 60.2 Å². The molecule has 0 unspecified atom stereocenters. The summed E-state index contributed by atoms with van der Waals surface area (Å²) in [6.45, 7) is 8.80. The lowest BCUT2D eigenvalue weighted by atomic mass is 9.78. The van der Waals surface area contributed by atoms with E-state index in [0.29, 0.717) is 39.6 Å². The number of hydrogen-bond acceptors (Lipinski definition) is 9. The van der Waals surface area contributed by atoms with Crippen molar-refractivity contribution in [2.24, 2.45) is 5.92 Å². The molecule has 1 fully saturated rings. The number of nitrogens with zero attached hydrogens (tertiary/aromatic N) is 2. The maximum absolute atomic E-state index is 14.1. The molecule has 0 saturated carbocycles. The van der Waals surface area contributed by atoms with Crippen molar-refractivity contribution in [2.45, 2.75) is 50.4 Å². The summed E-state index contributed by atoms with van der Waals surface area (Å²) in [6, 6.07) is 21.2. The number of ether oxygens (including phenoxy) is 5. The first-order valence-electron chi connectivity index (χ1n) is 17.3. The van der Waals surface area contributed by atoms with Gasteiger partial charge in [0.15, 0.2) is 0 Å². The van der Waals surface area contributed by atoms with Gasteiger partial charge < -0.3 is 33.9 Å². The topological polar surface area (TPSA) is 116 Å². The number of rotatable bonds is 17. The maximum Gasteiger partial charge on any atom is 0.243 e. The van der Waals surface area contributed by atoms with Crippen molar-refractivity contribution in [3.8, 4) is 5.75 Å². The number of piperidine rings is 1. The maximum atomic E-state index is 14.1. The zero-order chi connectivity index (χ0) is 35.5. The highest BCUT2D eigenvalue weighted by atomic mass is 32.2. The van der Waals surface area contributed by atoms with E-state index in [0.717, 1.165) is 53.2 Å². The third-order valence-corrected chi connectivity index (χ3v) is 11.1. The van der Waals surface area contributed by atoms with Crippen molar-refractivity contribution >= 4 is 21.6 Å². The summed E-state index contributed by atoms with van der Waals surface area (Å²) in [7, 11) is -0.490. The van der Waals surface area contributed by atoms with E-state index >= 15 is 0 Å². The summed E-state index contributed by atoms with van der Waals surface area (Å²) < 4.78 is 58.5. The summed E-state index contributed by atoms with van der Waals surface area (Å²) in [5.41, 5.74) is 5.00. The van der Waals surface area contributed by atoms with E-state index in [-0.39, 0.29) is 42.3 Å². The molecule has 1 N–H and O–H groups in total. The van der Waals surface area contributed by atoms with Gasteiger partial charge in [-0.3, -0.25) is 4.79 Å². The zero-order valence-corrected chi connectivity index (χ0v) is 30.5. The highest BCUT2D eigenvalue weighted by molar-refractivity contribution is 7.89. The van der Waals surface area contributed by atoms with Crippen LogP contribution in [0.25, 0.3) is 0 Å². The molecular weight excluding hydrogens is 658 g/mol. The second kappa shape index (κ2) is 18.1. The predicted molar refractivity (Wildman–Crippen MR) is 192 cm³/mol. The number of amides is 1. The lowest BCUT2D eigenvalue weighted by Crippen LogP contribution is -2.53. The SMILES string of the molecule is COCCCN1CCOc2ccc(CO[C@H]3CN(S(=O)(=O)c4ccc(C)cc4)C[C@@H](CNC(C)=O)[C@@H]3c3ccc(COCCOC)cc3)cc21. The molecule has 2 aliphatic rings. The third-order valence-electron chi connectivity index (χ3n) is 9.29. The van der Waals surface area contributed by atoms with E-state index < -0.39 is 16.1 Å². The van der Waals surface area contributed by atoms with Gasteiger partial charge in [0.05, 0.1) is 49.7 Å². The molecule has 50 heavy (non-hydrogen) atoms. The van der Waals surface area contributed by atoms with E-state index in [1.54, 1.807) is 38.5 Å². The largest absolute Gasteiger partial charge is 0.490 e. The van der Waals surface area contributed by atoms with Gasteiger partial charge in [-0.1, -0.05) is 48.0 Å². The van der Waals surface area contributed by atoms with Crippen molar-refractivity contribution in [1.29, 1.82) is 0 Å². The molecule has 3 atom stereocenters. The number of nitrogens with one attached hydrogen (secondary N) is 1. The fraction of sp³-hybridized carbons (Fsp3) is 0.500. The minimum atomic E-state index is -3.84. The zero-order valence-electron chi connectivity index (χ0n) is 29.6. The molecular formula is C38H51N3O8S. The Bertz CT molecular complexity index is 1630. The predicted octanol–water partition coefficient (Wildman–Crippen LogP) is 4.52. The van der Waals surface area contributed by atoms with Crippen LogP contribution in [0.2, 0.25) is 0 Å². The molecule has 0 aromatic heterocycles. The van der Waals surface area contributed by atoms with Crippen LogP contribution in [0.3, 0.4) is 0 Å². The van der Waals surface area contributed by atoms with Crippen LogP contribution in [0.1, 0.15) is 41.5 Å². The van der Waals surface area contributed by atoms with Crippen LogP contribution in [0.5, 0.6) is 5.75 Å². The van der Waals surface area contributed by atoms with Crippen LogP contribution in [0, 0.1) is 12.8 Å². The number of aryl methyl sites for hydroxylation is 1. The minimum absolute atomic E-state index is 0.163. The van der Waals surface area contributed by atoms with Gasteiger partial charge in [0.2, 0.25) is 15.9 Å². The van der Waals surface area contributed by atoms with E-state index in [2.05, 4.69) is 28.4 Å². The van der Waals surface area contributed by atoms with Gasteiger partial charge >= 0.3 is 0 Å². The molecule has 0 spiro atoms. The number of anilines is 1. The van der Waals surface area contributed by atoms with Gasteiger partial charge in [-0.2, -0.15) is 4.31 Å². The number of carbonyl (C=O) groups excluding carboxylic acids is 1. The van der Waals surface area contributed by atoms with Gasteiger partial charge in [-0.15, -0.1) is 0 Å².